The van der Waals surface area contributed by atoms with E-state index in [-0.39, 0.29) is 0 Å². The van der Waals surface area contributed by atoms with Crippen LogP contribution in [0.15, 0.2) is 152 Å². The van der Waals surface area contributed by atoms with Gasteiger partial charge in [-0.15, -0.1) is 0 Å². The van der Waals surface area contributed by atoms with E-state index in [9.17, 15) is 10.2 Å². The molecule has 0 aliphatic heterocycles. The van der Waals surface area contributed by atoms with Crippen molar-refractivity contribution >= 4 is 0 Å². The van der Waals surface area contributed by atoms with E-state index in [1.165, 1.54) is 22.3 Å². The highest BCUT2D eigenvalue weighted by Crippen LogP contribution is 2.15. The van der Waals surface area contributed by atoms with Gasteiger partial charge >= 0.3 is 0 Å². The number of nitrogens with zero attached hydrogens (tertiary/aromatic N) is 3. The third-order valence-electron chi connectivity index (χ3n) is 8.12. The van der Waals surface area contributed by atoms with Crippen LogP contribution in [0.2, 0.25) is 0 Å². The third kappa shape index (κ3) is 11.7. The van der Waals surface area contributed by atoms with E-state index in [1.807, 2.05) is 42.5 Å². The van der Waals surface area contributed by atoms with Crippen molar-refractivity contribution in [2.45, 2.75) is 44.9 Å². The molecule has 5 heteroatoms. The number of benzene rings is 5. The van der Waals surface area contributed by atoms with Gasteiger partial charge in [-0.05, 0) is 27.8 Å². The minimum Gasteiger partial charge on any atom is -0.390 e. The van der Waals surface area contributed by atoms with E-state index in [1.54, 1.807) is 0 Å². The Balaban J connectivity index is 1.27. The zero-order valence-electron chi connectivity index (χ0n) is 26.7. The molecule has 2 atom stereocenters. The maximum Gasteiger partial charge on any atom is 0.0794 e. The molecule has 238 valence electrons. The number of hydrogen-bond donors (Lipinski definition) is 2. The van der Waals surface area contributed by atoms with E-state index in [0.29, 0.717) is 32.7 Å². The molecule has 5 aromatic carbocycles. The van der Waals surface area contributed by atoms with Crippen LogP contribution >= 0.6 is 0 Å². The first-order valence-electron chi connectivity index (χ1n) is 16.3. The van der Waals surface area contributed by atoms with Crippen LogP contribution in [0.5, 0.6) is 0 Å². The van der Waals surface area contributed by atoms with Gasteiger partial charge in [-0.25, -0.2) is 0 Å². The van der Waals surface area contributed by atoms with E-state index in [2.05, 4.69) is 124 Å². The molecule has 0 bridgehead atoms. The maximum atomic E-state index is 11.5. The Hall–Kier alpha value is -4.10. The van der Waals surface area contributed by atoms with Crippen LogP contribution in [-0.4, -0.2) is 63.3 Å². The highest BCUT2D eigenvalue weighted by atomic mass is 16.3. The highest BCUT2D eigenvalue weighted by Gasteiger charge is 2.21. The van der Waals surface area contributed by atoms with Gasteiger partial charge in [0.15, 0.2) is 0 Å². The summed E-state index contributed by atoms with van der Waals surface area (Å²) >= 11 is 0. The lowest BCUT2D eigenvalue weighted by Gasteiger charge is -2.32. The fraction of sp³-hybridized carbons (Fsp3) is 0.268. The van der Waals surface area contributed by atoms with Crippen LogP contribution in [0.25, 0.3) is 0 Å². The first-order chi connectivity index (χ1) is 22.6. The summed E-state index contributed by atoms with van der Waals surface area (Å²) in [6.07, 6.45) is -1.18. The van der Waals surface area contributed by atoms with Crippen LogP contribution < -0.4 is 0 Å². The van der Waals surface area contributed by atoms with Gasteiger partial charge in [-0.1, -0.05) is 152 Å². The quantitative estimate of drug-likeness (QED) is 0.116. The lowest BCUT2D eigenvalue weighted by Crippen LogP contribution is -2.44. The van der Waals surface area contributed by atoms with Crippen LogP contribution in [0.3, 0.4) is 0 Å². The summed E-state index contributed by atoms with van der Waals surface area (Å²) in [6, 6.07) is 52.1. The first-order valence-corrected chi connectivity index (χ1v) is 16.3. The van der Waals surface area contributed by atoms with Crippen molar-refractivity contribution in [3.05, 3.63) is 179 Å². The molecular formula is C41H47N3O2. The SMILES string of the molecule is OC(CN(Cc1ccccc1)Cc1ccccc1)CN(Cc1ccccc1)CC(O)CN(Cc1ccccc1)Cc1ccccc1. The molecule has 2 unspecified atom stereocenters. The predicted molar refractivity (Wildman–Crippen MR) is 188 cm³/mol. The van der Waals surface area contributed by atoms with Crippen molar-refractivity contribution in [2.24, 2.45) is 0 Å². The normalized spacial score (nSPS) is 12.9. The molecule has 2 N–H and O–H groups in total. The summed E-state index contributed by atoms with van der Waals surface area (Å²) in [5.41, 5.74) is 6.05. The predicted octanol–water partition coefficient (Wildman–Crippen LogP) is 6.62. The molecule has 0 aliphatic carbocycles. The molecule has 0 aliphatic rings. The average molecular weight is 614 g/mol. The van der Waals surface area contributed by atoms with Crippen LogP contribution in [0.4, 0.5) is 0 Å². The largest absolute Gasteiger partial charge is 0.390 e. The van der Waals surface area contributed by atoms with Gasteiger partial charge in [0.2, 0.25) is 0 Å². The molecule has 46 heavy (non-hydrogen) atoms. The standard InChI is InChI=1S/C41H47N3O2/c45-40(31-42(26-35-16-6-1-7-17-35)27-36-18-8-2-9-19-36)33-44(30-39-24-14-5-15-25-39)34-41(46)32-43(28-37-20-10-3-11-21-37)29-38-22-12-4-13-23-38/h1-25,40-41,45-46H,26-34H2. The minimum atomic E-state index is -0.590. The number of aliphatic hydroxyl groups is 2. The van der Waals surface area contributed by atoms with Gasteiger partial charge in [-0.3, -0.25) is 14.7 Å². The molecule has 0 saturated heterocycles. The van der Waals surface area contributed by atoms with Crippen molar-refractivity contribution < 1.29 is 10.2 Å². The Morgan fingerprint density at radius 2 is 0.500 bits per heavy atom. The summed E-state index contributed by atoms with van der Waals surface area (Å²) in [7, 11) is 0. The van der Waals surface area contributed by atoms with E-state index >= 15 is 0 Å². The molecule has 0 amide bonds. The molecule has 5 rings (SSSR count). The smallest absolute Gasteiger partial charge is 0.0794 e. The van der Waals surface area contributed by atoms with Crippen LogP contribution in [-0.2, 0) is 32.7 Å². The van der Waals surface area contributed by atoms with Gasteiger partial charge in [0.05, 0.1) is 12.2 Å². The Bertz CT molecular complexity index is 1320. The third-order valence-corrected chi connectivity index (χ3v) is 8.12. The van der Waals surface area contributed by atoms with Crippen LogP contribution in [0.1, 0.15) is 27.8 Å². The van der Waals surface area contributed by atoms with Crippen molar-refractivity contribution in [3.63, 3.8) is 0 Å². The molecule has 5 nitrogen and oxygen atoms in total. The zero-order chi connectivity index (χ0) is 31.8. The maximum absolute atomic E-state index is 11.5. The second kappa shape index (κ2) is 18.1. The number of rotatable bonds is 18. The topological polar surface area (TPSA) is 50.2 Å². The Labute approximate surface area is 275 Å². The summed E-state index contributed by atoms with van der Waals surface area (Å²) < 4.78 is 0. The Morgan fingerprint density at radius 3 is 0.739 bits per heavy atom. The van der Waals surface area contributed by atoms with Crippen molar-refractivity contribution in [2.75, 3.05) is 26.2 Å². The molecule has 0 heterocycles. The fourth-order valence-electron chi connectivity index (χ4n) is 6.09. The molecule has 5 aromatic rings. The Morgan fingerprint density at radius 1 is 0.304 bits per heavy atom. The van der Waals surface area contributed by atoms with Crippen molar-refractivity contribution in [3.8, 4) is 0 Å². The van der Waals surface area contributed by atoms with E-state index in [0.717, 1.165) is 31.7 Å². The second-order valence-corrected chi connectivity index (χ2v) is 12.3. The summed E-state index contributed by atoms with van der Waals surface area (Å²) in [5.74, 6) is 0. The molecule has 0 spiro atoms. The average Bonchev–Trinajstić information content (AvgIpc) is 3.07. The lowest BCUT2D eigenvalue weighted by molar-refractivity contribution is 0.0300. The minimum absolute atomic E-state index is 0.462. The van der Waals surface area contributed by atoms with Crippen molar-refractivity contribution in [1.82, 2.24) is 14.7 Å². The first kappa shape index (κ1) is 33.3. The van der Waals surface area contributed by atoms with Crippen LogP contribution in [0, 0.1) is 0 Å². The van der Waals surface area contributed by atoms with Crippen molar-refractivity contribution in [1.29, 1.82) is 0 Å². The number of aliphatic hydroxyl groups excluding tert-OH is 2. The molecule has 0 saturated carbocycles. The van der Waals surface area contributed by atoms with Gasteiger partial charge < -0.3 is 10.2 Å². The molecule has 0 radical (unpaired) electrons. The van der Waals surface area contributed by atoms with E-state index < -0.39 is 12.2 Å². The number of hydrogen-bond acceptors (Lipinski definition) is 5. The zero-order valence-corrected chi connectivity index (χ0v) is 26.7. The molecule has 0 aromatic heterocycles. The molecule has 0 fully saturated rings. The summed E-state index contributed by atoms with van der Waals surface area (Å²) in [5, 5.41) is 23.1. The van der Waals surface area contributed by atoms with Gasteiger partial charge in [0.1, 0.15) is 0 Å². The van der Waals surface area contributed by atoms with E-state index in [4.69, 9.17) is 0 Å². The lowest BCUT2D eigenvalue weighted by atomic mass is 10.1. The second-order valence-electron chi connectivity index (χ2n) is 12.3. The van der Waals surface area contributed by atoms with Gasteiger partial charge in [0.25, 0.3) is 0 Å². The molecular weight excluding hydrogens is 566 g/mol. The Kier molecular flexibility index (Phi) is 13.1. The summed E-state index contributed by atoms with van der Waals surface area (Å²) in [6.45, 7) is 5.64. The monoisotopic (exact) mass is 613 g/mol. The summed E-state index contributed by atoms with van der Waals surface area (Å²) in [4.78, 5) is 6.83. The van der Waals surface area contributed by atoms with Gasteiger partial charge in [-0.2, -0.15) is 0 Å². The fourth-order valence-corrected chi connectivity index (χ4v) is 6.09. The van der Waals surface area contributed by atoms with Gasteiger partial charge in [0, 0.05) is 58.9 Å². The highest BCUT2D eigenvalue weighted by molar-refractivity contribution is 5.19.